The van der Waals surface area contributed by atoms with Gasteiger partial charge in [0, 0.05) is 7.05 Å². The molecule has 3 nitrogen and oxygen atoms in total. The minimum atomic E-state index is -0.424. The predicted molar refractivity (Wildman–Crippen MR) is 69.8 cm³/mol. The Morgan fingerprint density at radius 3 is 2.63 bits per heavy atom. The zero-order valence-corrected chi connectivity index (χ0v) is 11.2. The van der Waals surface area contributed by atoms with Crippen LogP contribution in [0, 0.1) is 18.6 Å². The first-order valence-electron chi connectivity index (χ1n) is 6.13. The molecule has 102 valence electrons. The van der Waals surface area contributed by atoms with Gasteiger partial charge in [-0.1, -0.05) is 0 Å². The highest BCUT2D eigenvalue weighted by Crippen LogP contribution is 2.21. The van der Waals surface area contributed by atoms with Crippen LogP contribution in [0.5, 0.6) is 0 Å². The maximum Gasteiger partial charge on any atom is 0.126 e. The Labute approximate surface area is 111 Å². The van der Waals surface area contributed by atoms with E-state index < -0.39 is 5.82 Å². The summed E-state index contributed by atoms with van der Waals surface area (Å²) in [6.07, 6.45) is 0.374. The van der Waals surface area contributed by atoms with Crippen LogP contribution in [0.1, 0.15) is 23.0 Å². The van der Waals surface area contributed by atoms with Crippen LogP contribution in [0.3, 0.4) is 0 Å². The third-order valence-electron chi connectivity index (χ3n) is 3.18. The molecule has 1 heterocycles. The number of aromatic nitrogens is 2. The number of halogens is 2. The number of aryl methyl sites for hydroxylation is 2. The molecule has 0 amide bonds. The first-order chi connectivity index (χ1) is 9.01. The van der Waals surface area contributed by atoms with Crippen LogP contribution >= 0.6 is 0 Å². The van der Waals surface area contributed by atoms with Crippen molar-refractivity contribution in [2.75, 3.05) is 7.05 Å². The van der Waals surface area contributed by atoms with Crippen LogP contribution in [0.25, 0.3) is 0 Å². The minimum Gasteiger partial charge on any atom is -0.311 e. The lowest BCUT2D eigenvalue weighted by molar-refractivity contribution is 0.514. The third kappa shape index (κ3) is 2.98. The third-order valence-corrected chi connectivity index (χ3v) is 3.18. The number of rotatable bonds is 4. The van der Waals surface area contributed by atoms with E-state index >= 15 is 0 Å². The largest absolute Gasteiger partial charge is 0.311 e. The monoisotopic (exact) mass is 265 g/mol. The van der Waals surface area contributed by atoms with Crippen molar-refractivity contribution < 1.29 is 8.78 Å². The lowest BCUT2D eigenvalue weighted by atomic mass is 10.0. The molecule has 0 radical (unpaired) electrons. The van der Waals surface area contributed by atoms with E-state index in [0.717, 1.165) is 23.5 Å². The minimum absolute atomic E-state index is 0.109. The number of nitrogens with zero attached hydrogens (tertiary/aromatic N) is 2. The van der Waals surface area contributed by atoms with Gasteiger partial charge in [-0.3, -0.25) is 4.68 Å². The highest BCUT2D eigenvalue weighted by Gasteiger charge is 2.17. The fraction of sp³-hybridized carbons (Fsp3) is 0.357. The summed E-state index contributed by atoms with van der Waals surface area (Å²) in [5, 5.41) is 7.39. The molecule has 1 aromatic heterocycles. The molecule has 1 aromatic carbocycles. The average molecular weight is 265 g/mol. The molecule has 0 saturated carbocycles. The first kappa shape index (κ1) is 13.7. The van der Waals surface area contributed by atoms with Crippen molar-refractivity contribution in [2.45, 2.75) is 19.4 Å². The molecule has 0 saturated heterocycles. The van der Waals surface area contributed by atoms with Crippen LogP contribution in [-0.4, -0.2) is 16.8 Å². The van der Waals surface area contributed by atoms with Gasteiger partial charge in [0.05, 0.1) is 17.4 Å². The van der Waals surface area contributed by atoms with Gasteiger partial charge in [0.2, 0.25) is 0 Å². The molecule has 2 rings (SSSR count). The zero-order valence-electron chi connectivity index (χ0n) is 11.2. The van der Waals surface area contributed by atoms with E-state index in [1.165, 1.54) is 6.07 Å². The van der Waals surface area contributed by atoms with E-state index in [1.807, 2.05) is 20.0 Å². The van der Waals surface area contributed by atoms with E-state index in [2.05, 4.69) is 10.4 Å². The quantitative estimate of drug-likeness (QED) is 0.920. The molecule has 0 fully saturated rings. The normalized spacial score (nSPS) is 12.7. The van der Waals surface area contributed by atoms with Gasteiger partial charge in [0.25, 0.3) is 0 Å². The molecule has 1 unspecified atom stereocenters. The fourth-order valence-electron chi connectivity index (χ4n) is 2.23. The first-order valence-corrected chi connectivity index (χ1v) is 6.13. The Morgan fingerprint density at radius 1 is 1.32 bits per heavy atom. The fourth-order valence-corrected chi connectivity index (χ4v) is 2.23. The van der Waals surface area contributed by atoms with E-state index in [9.17, 15) is 8.78 Å². The number of benzene rings is 1. The topological polar surface area (TPSA) is 29.9 Å². The van der Waals surface area contributed by atoms with Gasteiger partial charge in [-0.05, 0) is 50.2 Å². The second kappa shape index (κ2) is 5.48. The molecule has 0 aliphatic carbocycles. The van der Waals surface area contributed by atoms with Crippen molar-refractivity contribution >= 4 is 0 Å². The molecule has 0 bridgehead atoms. The van der Waals surface area contributed by atoms with Gasteiger partial charge >= 0.3 is 0 Å². The van der Waals surface area contributed by atoms with E-state index in [-0.39, 0.29) is 11.9 Å². The van der Waals surface area contributed by atoms with Crippen molar-refractivity contribution in [3.05, 3.63) is 52.9 Å². The standard InChI is InChI=1S/C14H17F2N3/c1-9-6-14(19(3)18-9)13(17-2)8-10-7-11(15)4-5-12(10)16/h4-7,13,17H,8H2,1-3H3. The van der Waals surface area contributed by atoms with Crippen molar-refractivity contribution in [3.63, 3.8) is 0 Å². The number of hydrogen-bond donors (Lipinski definition) is 1. The number of likely N-dealkylation sites (N-methyl/N-ethyl adjacent to an activating group) is 1. The summed E-state index contributed by atoms with van der Waals surface area (Å²) in [6.45, 7) is 1.90. The molecule has 0 spiro atoms. The summed E-state index contributed by atoms with van der Waals surface area (Å²) in [5.41, 5.74) is 2.21. The van der Waals surface area contributed by atoms with Gasteiger partial charge in [-0.15, -0.1) is 0 Å². The van der Waals surface area contributed by atoms with E-state index in [4.69, 9.17) is 0 Å². The SMILES string of the molecule is CNC(Cc1cc(F)ccc1F)c1cc(C)nn1C. The summed E-state index contributed by atoms with van der Waals surface area (Å²) < 4.78 is 28.6. The van der Waals surface area contributed by atoms with Gasteiger partial charge < -0.3 is 5.32 Å². The molecule has 5 heteroatoms. The summed E-state index contributed by atoms with van der Waals surface area (Å²) in [6, 6.07) is 5.36. The van der Waals surface area contributed by atoms with Crippen LogP contribution in [-0.2, 0) is 13.5 Å². The molecular weight excluding hydrogens is 248 g/mol. The Balaban J connectivity index is 2.29. The molecule has 1 atom stereocenters. The summed E-state index contributed by atoms with van der Waals surface area (Å²) in [4.78, 5) is 0. The summed E-state index contributed by atoms with van der Waals surface area (Å²) in [7, 11) is 3.64. The van der Waals surface area contributed by atoms with E-state index in [1.54, 1.807) is 11.7 Å². The van der Waals surface area contributed by atoms with E-state index in [0.29, 0.717) is 12.0 Å². The highest BCUT2D eigenvalue weighted by atomic mass is 19.1. The molecule has 1 N–H and O–H groups in total. The Bertz CT molecular complexity index is 578. The molecule has 0 aliphatic heterocycles. The van der Waals surface area contributed by atoms with Crippen LogP contribution in [0.15, 0.2) is 24.3 Å². The van der Waals surface area contributed by atoms with Crippen LogP contribution in [0.4, 0.5) is 8.78 Å². The second-order valence-electron chi connectivity index (χ2n) is 4.62. The Morgan fingerprint density at radius 2 is 2.05 bits per heavy atom. The van der Waals surface area contributed by atoms with Gasteiger partial charge in [0.15, 0.2) is 0 Å². The maximum absolute atomic E-state index is 13.7. The van der Waals surface area contributed by atoms with Crippen molar-refractivity contribution in [1.29, 1.82) is 0 Å². The van der Waals surface area contributed by atoms with Crippen LogP contribution in [0.2, 0.25) is 0 Å². The smallest absolute Gasteiger partial charge is 0.126 e. The lowest BCUT2D eigenvalue weighted by Crippen LogP contribution is -2.22. The van der Waals surface area contributed by atoms with Gasteiger partial charge in [0.1, 0.15) is 11.6 Å². The Kier molecular flexibility index (Phi) is 3.95. The van der Waals surface area contributed by atoms with Crippen molar-refractivity contribution in [3.8, 4) is 0 Å². The summed E-state index contributed by atoms with van der Waals surface area (Å²) in [5.74, 6) is -0.812. The van der Waals surface area contributed by atoms with Gasteiger partial charge in [-0.25, -0.2) is 8.78 Å². The van der Waals surface area contributed by atoms with Gasteiger partial charge in [-0.2, -0.15) is 5.10 Å². The molecule has 0 aliphatic rings. The lowest BCUT2D eigenvalue weighted by Gasteiger charge is -2.17. The van der Waals surface area contributed by atoms with Crippen LogP contribution < -0.4 is 5.32 Å². The predicted octanol–water partition coefficient (Wildman–Crippen LogP) is 2.51. The molecule has 19 heavy (non-hydrogen) atoms. The van der Waals surface area contributed by atoms with Crippen molar-refractivity contribution in [2.24, 2.45) is 7.05 Å². The number of hydrogen-bond acceptors (Lipinski definition) is 2. The zero-order chi connectivity index (χ0) is 14.0. The molecular formula is C14H17F2N3. The second-order valence-corrected chi connectivity index (χ2v) is 4.62. The maximum atomic E-state index is 13.7. The van der Waals surface area contributed by atoms with Crippen molar-refractivity contribution in [1.82, 2.24) is 15.1 Å². The molecule has 2 aromatic rings. The Hall–Kier alpha value is -1.75. The average Bonchev–Trinajstić information content (AvgIpc) is 2.69. The number of nitrogens with one attached hydrogen (secondary N) is 1. The highest BCUT2D eigenvalue weighted by molar-refractivity contribution is 5.23. The summed E-state index contributed by atoms with van der Waals surface area (Å²) >= 11 is 0.